The fourth-order valence-electron chi connectivity index (χ4n) is 3.28. The molecular formula is C21H26N2O5S2. The third-order valence-corrected chi connectivity index (χ3v) is 7.91. The maximum atomic E-state index is 12.3. The monoisotopic (exact) mass is 450 g/mol. The van der Waals surface area contributed by atoms with Crippen molar-refractivity contribution in [3.63, 3.8) is 0 Å². The number of amides is 2. The third-order valence-electron chi connectivity index (χ3n) is 4.90. The normalized spacial score (nSPS) is 16.0. The van der Waals surface area contributed by atoms with Crippen LogP contribution in [0.3, 0.4) is 0 Å². The number of unbranched alkanes of at least 4 members (excludes halogenated alkanes) is 1. The molecule has 9 heteroatoms. The second kappa shape index (κ2) is 10.8. The number of hydrogen-bond acceptors (Lipinski definition) is 7. The molecule has 1 atom stereocenters. The molecule has 3 rings (SSSR count). The maximum Gasteiger partial charge on any atom is 0.353 e. The Kier molecular flexibility index (Phi) is 8.09. The summed E-state index contributed by atoms with van der Waals surface area (Å²) < 4.78 is 5.14. The zero-order valence-electron chi connectivity index (χ0n) is 16.9. The summed E-state index contributed by atoms with van der Waals surface area (Å²) >= 11 is 0. The lowest BCUT2D eigenvalue weighted by atomic mass is 10.1. The van der Waals surface area contributed by atoms with E-state index in [2.05, 4.69) is 10.6 Å². The highest BCUT2D eigenvalue weighted by atomic mass is 33.1. The van der Waals surface area contributed by atoms with Crippen LogP contribution in [-0.4, -0.2) is 41.0 Å². The van der Waals surface area contributed by atoms with Gasteiger partial charge in [-0.25, -0.2) is 4.79 Å². The summed E-state index contributed by atoms with van der Waals surface area (Å²) in [6.07, 6.45) is 4.77. The summed E-state index contributed by atoms with van der Waals surface area (Å²) in [5.41, 5.74) is -0.245. The van der Waals surface area contributed by atoms with Gasteiger partial charge in [-0.2, -0.15) is 0 Å². The van der Waals surface area contributed by atoms with Gasteiger partial charge in [-0.3, -0.25) is 9.59 Å². The Morgan fingerprint density at radius 2 is 2.03 bits per heavy atom. The first-order valence-electron chi connectivity index (χ1n) is 10.1. The minimum absolute atomic E-state index is 0.0544. The summed E-state index contributed by atoms with van der Waals surface area (Å²) in [7, 11) is 3.88. The molecule has 7 nitrogen and oxygen atoms in total. The Balaban J connectivity index is 1.42. The van der Waals surface area contributed by atoms with Crippen LogP contribution >= 0.6 is 21.6 Å². The molecule has 1 aliphatic rings. The number of aryl methyl sites for hydroxylation is 1. The van der Waals surface area contributed by atoms with Gasteiger partial charge in [-0.05, 0) is 38.3 Å². The number of benzene rings is 1. The number of rotatable bonds is 9. The molecule has 0 saturated carbocycles. The minimum atomic E-state index is -0.899. The highest BCUT2D eigenvalue weighted by Crippen LogP contribution is 2.39. The van der Waals surface area contributed by atoms with Crippen LogP contribution in [0.5, 0.6) is 5.75 Å². The maximum absolute atomic E-state index is 12.3. The van der Waals surface area contributed by atoms with Crippen LogP contribution in [0.25, 0.3) is 11.0 Å². The summed E-state index contributed by atoms with van der Waals surface area (Å²) in [5, 5.41) is 16.7. The van der Waals surface area contributed by atoms with E-state index in [0.29, 0.717) is 11.8 Å². The molecule has 0 radical (unpaired) electrons. The van der Waals surface area contributed by atoms with Crippen molar-refractivity contribution in [1.82, 2.24) is 10.6 Å². The lowest BCUT2D eigenvalue weighted by Crippen LogP contribution is -2.36. The molecule has 162 valence electrons. The molecule has 30 heavy (non-hydrogen) atoms. The van der Waals surface area contributed by atoms with Crippen molar-refractivity contribution in [2.75, 3.05) is 18.8 Å². The Hall–Kier alpha value is -2.13. The van der Waals surface area contributed by atoms with Crippen molar-refractivity contribution < 1.29 is 19.1 Å². The Bertz CT molecular complexity index is 970. The van der Waals surface area contributed by atoms with Gasteiger partial charge < -0.3 is 20.2 Å². The number of fused-ring (bicyclic) bond motifs is 1. The van der Waals surface area contributed by atoms with E-state index < -0.39 is 22.8 Å². The predicted octanol–water partition coefficient (Wildman–Crippen LogP) is 3.37. The highest BCUT2D eigenvalue weighted by Gasteiger charge is 2.21. The number of carbonyl (C=O) groups is 2. The molecule has 2 amide bonds. The van der Waals surface area contributed by atoms with E-state index in [0.717, 1.165) is 30.1 Å². The molecule has 2 aromatic rings. The standard InChI is InChI=1S/C21H26N2O5S2/c1-13-6-7-16-15(12-13)19(25)18(21(27)28-16)20(26)23-10-9-22-17(24)5-3-2-4-14-8-11-29-30-14/h6-7,12,14,25H,2-5,8-11H2,1H3,(H,22,24)(H,23,26). The van der Waals surface area contributed by atoms with E-state index in [1.807, 2.05) is 28.5 Å². The second-order valence-electron chi connectivity index (χ2n) is 7.29. The molecule has 1 saturated heterocycles. The van der Waals surface area contributed by atoms with Gasteiger partial charge in [0.15, 0.2) is 5.56 Å². The molecule has 2 heterocycles. The lowest BCUT2D eigenvalue weighted by Gasteiger charge is -2.09. The first-order chi connectivity index (χ1) is 14.5. The largest absolute Gasteiger partial charge is 0.506 e. The van der Waals surface area contributed by atoms with E-state index in [1.165, 1.54) is 12.2 Å². The van der Waals surface area contributed by atoms with E-state index in [1.54, 1.807) is 18.2 Å². The molecule has 0 spiro atoms. The minimum Gasteiger partial charge on any atom is -0.506 e. The number of nitrogens with one attached hydrogen (secondary N) is 2. The van der Waals surface area contributed by atoms with Crippen LogP contribution in [0.1, 0.15) is 48.0 Å². The van der Waals surface area contributed by atoms with Crippen LogP contribution < -0.4 is 16.3 Å². The molecule has 3 N–H and O–H groups in total. The summed E-state index contributed by atoms with van der Waals surface area (Å²) in [4.78, 5) is 36.4. The van der Waals surface area contributed by atoms with Crippen LogP contribution in [0.15, 0.2) is 27.4 Å². The molecule has 1 aromatic heterocycles. The van der Waals surface area contributed by atoms with Gasteiger partial charge >= 0.3 is 5.63 Å². The summed E-state index contributed by atoms with van der Waals surface area (Å²) in [6.45, 7) is 2.23. The molecule has 1 aromatic carbocycles. The zero-order valence-corrected chi connectivity index (χ0v) is 18.5. The average Bonchev–Trinajstić information content (AvgIpc) is 3.23. The first kappa shape index (κ1) is 22.6. The van der Waals surface area contributed by atoms with Crippen molar-refractivity contribution in [2.24, 2.45) is 0 Å². The fourth-order valence-corrected chi connectivity index (χ4v) is 6.30. The van der Waals surface area contributed by atoms with E-state index in [4.69, 9.17) is 4.42 Å². The van der Waals surface area contributed by atoms with Gasteiger partial charge in [0.05, 0.1) is 5.39 Å². The van der Waals surface area contributed by atoms with Crippen molar-refractivity contribution in [3.05, 3.63) is 39.7 Å². The summed E-state index contributed by atoms with van der Waals surface area (Å²) in [6, 6.07) is 4.98. The molecule has 1 fully saturated rings. The van der Waals surface area contributed by atoms with Gasteiger partial charge in [-0.15, -0.1) is 0 Å². The predicted molar refractivity (Wildman–Crippen MR) is 121 cm³/mol. The van der Waals surface area contributed by atoms with Crippen LogP contribution in [0.4, 0.5) is 0 Å². The van der Waals surface area contributed by atoms with Crippen molar-refractivity contribution in [1.29, 1.82) is 0 Å². The van der Waals surface area contributed by atoms with Crippen molar-refractivity contribution in [3.8, 4) is 5.75 Å². The van der Waals surface area contributed by atoms with E-state index in [-0.39, 0.29) is 24.6 Å². The second-order valence-corrected chi connectivity index (χ2v) is 10.1. The fraction of sp³-hybridized carbons (Fsp3) is 0.476. The third kappa shape index (κ3) is 5.95. The smallest absolute Gasteiger partial charge is 0.353 e. The van der Waals surface area contributed by atoms with Crippen LogP contribution in [0.2, 0.25) is 0 Å². The van der Waals surface area contributed by atoms with Crippen LogP contribution in [-0.2, 0) is 4.79 Å². The number of hydrogen-bond donors (Lipinski definition) is 3. The quantitative estimate of drug-likeness (QED) is 0.305. The molecular weight excluding hydrogens is 424 g/mol. The van der Waals surface area contributed by atoms with E-state index >= 15 is 0 Å². The average molecular weight is 451 g/mol. The number of carbonyl (C=O) groups excluding carboxylic acids is 2. The van der Waals surface area contributed by atoms with Gasteiger partial charge in [0.25, 0.3) is 5.91 Å². The molecule has 0 bridgehead atoms. The Morgan fingerprint density at radius 1 is 1.23 bits per heavy atom. The van der Waals surface area contributed by atoms with Crippen molar-refractivity contribution >= 4 is 44.4 Å². The number of aromatic hydroxyl groups is 1. The Morgan fingerprint density at radius 3 is 2.80 bits per heavy atom. The zero-order chi connectivity index (χ0) is 21.5. The van der Waals surface area contributed by atoms with E-state index in [9.17, 15) is 19.5 Å². The lowest BCUT2D eigenvalue weighted by molar-refractivity contribution is -0.121. The van der Waals surface area contributed by atoms with Gasteiger partial charge in [0.2, 0.25) is 5.91 Å². The Labute approximate surface area is 182 Å². The molecule has 0 aliphatic carbocycles. The highest BCUT2D eigenvalue weighted by molar-refractivity contribution is 8.77. The van der Waals surface area contributed by atoms with Gasteiger partial charge in [0.1, 0.15) is 11.3 Å². The topological polar surface area (TPSA) is 109 Å². The molecule has 1 unspecified atom stereocenters. The molecule has 1 aliphatic heterocycles. The van der Waals surface area contributed by atoms with Crippen LogP contribution in [0, 0.1) is 6.92 Å². The summed E-state index contributed by atoms with van der Waals surface area (Å²) in [5.74, 6) is 0.0393. The van der Waals surface area contributed by atoms with Crippen molar-refractivity contribution in [2.45, 2.75) is 44.3 Å². The SMILES string of the molecule is Cc1ccc2oc(=O)c(C(=O)NCCNC(=O)CCCCC3CCSS3)c(O)c2c1. The van der Waals surface area contributed by atoms with Gasteiger partial charge in [0, 0.05) is 30.5 Å². The first-order valence-corrected chi connectivity index (χ1v) is 12.4. The van der Waals surface area contributed by atoms with Gasteiger partial charge in [-0.1, -0.05) is 39.6 Å².